The molecule has 1 saturated heterocycles. The van der Waals surface area contributed by atoms with Crippen molar-refractivity contribution in [1.82, 2.24) is 4.90 Å². The molecule has 4 nitrogen and oxygen atoms in total. The van der Waals surface area contributed by atoms with Crippen LogP contribution in [0.4, 0.5) is 4.79 Å². The number of hydrogen-bond acceptors (Lipinski definition) is 3. The van der Waals surface area contributed by atoms with Crippen molar-refractivity contribution in [2.75, 3.05) is 6.61 Å². The molecule has 2 aliphatic rings. The smallest absolute Gasteiger partial charge is 0.416 e. The molecule has 0 radical (unpaired) electrons. The molecule has 1 heterocycles. The Bertz CT molecular complexity index is 581. The molecule has 1 aliphatic carbocycles. The summed E-state index contributed by atoms with van der Waals surface area (Å²) in [6.07, 6.45) is 6.03. The van der Waals surface area contributed by atoms with Crippen LogP contribution in [-0.2, 0) is 16.0 Å². The van der Waals surface area contributed by atoms with E-state index in [1.54, 1.807) is 0 Å². The predicted octanol–water partition coefficient (Wildman–Crippen LogP) is 3.18. The van der Waals surface area contributed by atoms with Gasteiger partial charge in [-0.15, -0.1) is 0 Å². The molecule has 116 valence electrons. The van der Waals surface area contributed by atoms with Crippen LogP contribution < -0.4 is 0 Å². The molecule has 0 N–H and O–H groups in total. The minimum absolute atomic E-state index is 0.0831. The van der Waals surface area contributed by atoms with E-state index in [2.05, 4.69) is 12.2 Å². The third-order valence-corrected chi connectivity index (χ3v) is 4.55. The third kappa shape index (κ3) is 2.91. The fourth-order valence-electron chi connectivity index (χ4n) is 3.28. The Kier molecular flexibility index (Phi) is 4.27. The first-order chi connectivity index (χ1) is 10.7. The minimum atomic E-state index is -0.493. The maximum atomic E-state index is 12.8. The van der Waals surface area contributed by atoms with Gasteiger partial charge in [0.05, 0.1) is 6.04 Å². The fourth-order valence-corrected chi connectivity index (χ4v) is 3.28. The maximum absolute atomic E-state index is 12.8. The van der Waals surface area contributed by atoms with E-state index in [1.807, 2.05) is 37.3 Å². The SMILES string of the molecule is C[C@H]1C=CCC[C@H]1C(=O)N1C(=O)OC[C@@H]1Cc1ccccc1. The zero-order valence-corrected chi connectivity index (χ0v) is 12.8. The van der Waals surface area contributed by atoms with Crippen LogP contribution in [0, 0.1) is 11.8 Å². The zero-order chi connectivity index (χ0) is 15.5. The highest BCUT2D eigenvalue weighted by atomic mass is 16.6. The maximum Gasteiger partial charge on any atom is 0.416 e. The molecule has 3 atom stereocenters. The number of hydrogen-bond donors (Lipinski definition) is 0. The van der Waals surface area contributed by atoms with Gasteiger partial charge in [0.15, 0.2) is 0 Å². The Morgan fingerprint density at radius 3 is 2.82 bits per heavy atom. The van der Waals surface area contributed by atoms with Crippen molar-refractivity contribution in [1.29, 1.82) is 0 Å². The molecule has 1 aromatic rings. The average Bonchev–Trinajstić information content (AvgIpc) is 2.89. The van der Waals surface area contributed by atoms with Gasteiger partial charge in [0, 0.05) is 5.92 Å². The minimum Gasteiger partial charge on any atom is -0.447 e. The van der Waals surface area contributed by atoms with Gasteiger partial charge < -0.3 is 4.74 Å². The van der Waals surface area contributed by atoms with Crippen LogP contribution >= 0.6 is 0 Å². The van der Waals surface area contributed by atoms with Gasteiger partial charge in [-0.3, -0.25) is 4.79 Å². The summed E-state index contributed by atoms with van der Waals surface area (Å²) >= 11 is 0. The standard InChI is InChI=1S/C18H21NO3/c1-13-7-5-6-10-16(13)17(20)19-15(12-22-18(19)21)11-14-8-3-2-4-9-14/h2-5,7-9,13,15-16H,6,10-12H2,1H3/t13-,15-,16+/m0/s1. The van der Waals surface area contributed by atoms with E-state index in [4.69, 9.17) is 4.74 Å². The highest BCUT2D eigenvalue weighted by Gasteiger charge is 2.41. The van der Waals surface area contributed by atoms with Crippen LogP contribution in [0.25, 0.3) is 0 Å². The second-order valence-electron chi connectivity index (χ2n) is 6.10. The quantitative estimate of drug-likeness (QED) is 0.805. The number of nitrogens with zero attached hydrogens (tertiary/aromatic N) is 1. The number of amides is 2. The van der Waals surface area contributed by atoms with Crippen molar-refractivity contribution in [2.45, 2.75) is 32.2 Å². The van der Waals surface area contributed by atoms with E-state index in [1.165, 1.54) is 4.90 Å². The Labute approximate surface area is 130 Å². The number of cyclic esters (lactones) is 1. The first kappa shape index (κ1) is 14.8. The third-order valence-electron chi connectivity index (χ3n) is 4.55. The van der Waals surface area contributed by atoms with Crippen LogP contribution in [0.5, 0.6) is 0 Å². The highest BCUT2D eigenvalue weighted by molar-refractivity contribution is 5.95. The molecule has 1 aromatic carbocycles. The van der Waals surface area contributed by atoms with E-state index in [0.29, 0.717) is 6.42 Å². The largest absolute Gasteiger partial charge is 0.447 e. The molecule has 3 rings (SSSR count). The van der Waals surface area contributed by atoms with E-state index >= 15 is 0 Å². The molecule has 0 bridgehead atoms. The van der Waals surface area contributed by atoms with Crippen molar-refractivity contribution in [3.63, 3.8) is 0 Å². The van der Waals surface area contributed by atoms with Crippen molar-refractivity contribution in [3.8, 4) is 0 Å². The van der Waals surface area contributed by atoms with E-state index in [-0.39, 0.29) is 30.4 Å². The number of benzene rings is 1. The molecular weight excluding hydrogens is 278 g/mol. The van der Waals surface area contributed by atoms with Gasteiger partial charge >= 0.3 is 6.09 Å². The normalized spacial score (nSPS) is 27.8. The van der Waals surface area contributed by atoms with Gasteiger partial charge in [0.2, 0.25) is 5.91 Å². The second kappa shape index (κ2) is 6.34. The van der Waals surface area contributed by atoms with Crippen molar-refractivity contribution < 1.29 is 14.3 Å². The van der Waals surface area contributed by atoms with E-state index < -0.39 is 6.09 Å². The lowest BCUT2D eigenvalue weighted by molar-refractivity contribution is -0.134. The number of allylic oxidation sites excluding steroid dienone is 2. The van der Waals surface area contributed by atoms with Gasteiger partial charge in [-0.25, -0.2) is 9.69 Å². The van der Waals surface area contributed by atoms with Crippen molar-refractivity contribution in [2.24, 2.45) is 11.8 Å². The van der Waals surface area contributed by atoms with Gasteiger partial charge in [-0.05, 0) is 30.7 Å². The number of ether oxygens (including phenoxy) is 1. The summed E-state index contributed by atoms with van der Waals surface area (Å²) in [5.74, 6) is -0.0266. The predicted molar refractivity (Wildman–Crippen MR) is 83.2 cm³/mol. The topological polar surface area (TPSA) is 46.6 Å². The van der Waals surface area contributed by atoms with Crippen LogP contribution in [0.2, 0.25) is 0 Å². The van der Waals surface area contributed by atoms with Crippen LogP contribution in [-0.4, -0.2) is 29.5 Å². The first-order valence-corrected chi connectivity index (χ1v) is 7.87. The first-order valence-electron chi connectivity index (χ1n) is 7.87. The molecule has 1 fully saturated rings. The highest BCUT2D eigenvalue weighted by Crippen LogP contribution is 2.29. The molecule has 0 saturated carbocycles. The number of carbonyl (C=O) groups is 2. The monoisotopic (exact) mass is 299 g/mol. The van der Waals surface area contributed by atoms with Crippen LogP contribution in [0.1, 0.15) is 25.3 Å². The second-order valence-corrected chi connectivity index (χ2v) is 6.10. The molecule has 0 aromatic heterocycles. The number of imide groups is 1. The summed E-state index contributed by atoms with van der Waals surface area (Å²) in [6.45, 7) is 2.32. The Hall–Kier alpha value is -2.10. The number of carbonyl (C=O) groups excluding carboxylic acids is 2. The van der Waals surface area contributed by atoms with Gasteiger partial charge in [0.25, 0.3) is 0 Å². The molecule has 2 amide bonds. The number of rotatable bonds is 3. The lowest BCUT2D eigenvalue weighted by Crippen LogP contribution is -2.45. The molecule has 22 heavy (non-hydrogen) atoms. The molecule has 1 aliphatic heterocycles. The lowest BCUT2D eigenvalue weighted by Gasteiger charge is -2.29. The van der Waals surface area contributed by atoms with Crippen LogP contribution in [0.3, 0.4) is 0 Å². The summed E-state index contributed by atoms with van der Waals surface area (Å²) in [4.78, 5) is 26.2. The van der Waals surface area contributed by atoms with Crippen LogP contribution in [0.15, 0.2) is 42.5 Å². The lowest BCUT2D eigenvalue weighted by atomic mass is 9.84. The Morgan fingerprint density at radius 1 is 1.32 bits per heavy atom. The average molecular weight is 299 g/mol. The molecular formula is C18H21NO3. The Balaban J connectivity index is 1.76. The molecule has 4 heteroatoms. The molecule has 0 spiro atoms. The van der Waals surface area contributed by atoms with E-state index in [0.717, 1.165) is 18.4 Å². The Morgan fingerprint density at radius 2 is 2.09 bits per heavy atom. The van der Waals surface area contributed by atoms with Gasteiger partial charge in [-0.2, -0.15) is 0 Å². The summed E-state index contributed by atoms with van der Waals surface area (Å²) in [6, 6.07) is 9.72. The fraction of sp³-hybridized carbons (Fsp3) is 0.444. The molecule has 0 unspecified atom stereocenters. The zero-order valence-electron chi connectivity index (χ0n) is 12.8. The van der Waals surface area contributed by atoms with Gasteiger partial charge in [0.1, 0.15) is 6.61 Å². The van der Waals surface area contributed by atoms with Crippen molar-refractivity contribution in [3.05, 3.63) is 48.0 Å². The van der Waals surface area contributed by atoms with Gasteiger partial charge in [-0.1, -0.05) is 49.4 Å². The summed E-state index contributed by atoms with van der Waals surface area (Å²) in [5, 5.41) is 0. The van der Waals surface area contributed by atoms with Crippen molar-refractivity contribution >= 4 is 12.0 Å². The summed E-state index contributed by atoms with van der Waals surface area (Å²) < 4.78 is 5.15. The van der Waals surface area contributed by atoms with E-state index in [9.17, 15) is 9.59 Å². The summed E-state index contributed by atoms with van der Waals surface area (Å²) in [7, 11) is 0. The summed E-state index contributed by atoms with van der Waals surface area (Å²) in [5.41, 5.74) is 1.11.